The molecule has 0 saturated carbocycles. The zero-order valence-corrected chi connectivity index (χ0v) is 13.6. The maximum absolute atomic E-state index is 5.96. The number of halogens is 1. The molecule has 4 heteroatoms. The summed E-state index contributed by atoms with van der Waals surface area (Å²) in [6.45, 7) is 8.62. The Balaban J connectivity index is 1.68. The molecule has 1 fully saturated rings. The van der Waals surface area contributed by atoms with Crippen molar-refractivity contribution in [1.29, 1.82) is 0 Å². The molecule has 0 radical (unpaired) electrons. The molecule has 0 N–H and O–H groups in total. The van der Waals surface area contributed by atoms with Gasteiger partial charge in [-0.1, -0.05) is 23.7 Å². The van der Waals surface area contributed by atoms with Gasteiger partial charge in [0.05, 0.1) is 11.7 Å². The average molecular weight is 304 g/mol. The van der Waals surface area contributed by atoms with Crippen molar-refractivity contribution in [3.05, 3.63) is 52.8 Å². The predicted molar refractivity (Wildman–Crippen MR) is 86.4 cm³/mol. The van der Waals surface area contributed by atoms with Gasteiger partial charge in [0.2, 0.25) is 0 Å². The van der Waals surface area contributed by atoms with E-state index in [1.807, 2.05) is 23.0 Å². The van der Waals surface area contributed by atoms with E-state index in [-0.39, 0.29) is 5.54 Å². The summed E-state index contributed by atoms with van der Waals surface area (Å²) in [4.78, 5) is 2.49. The van der Waals surface area contributed by atoms with Crippen LogP contribution in [0.25, 0.3) is 0 Å². The second kappa shape index (κ2) is 5.47. The molecule has 1 saturated heterocycles. The van der Waals surface area contributed by atoms with Crippen molar-refractivity contribution in [3.8, 4) is 0 Å². The van der Waals surface area contributed by atoms with Crippen molar-refractivity contribution in [2.75, 3.05) is 6.54 Å². The van der Waals surface area contributed by atoms with Gasteiger partial charge < -0.3 is 0 Å². The van der Waals surface area contributed by atoms with Gasteiger partial charge in [-0.05, 0) is 44.9 Å². The lowest BCUT2D eigenvalue weighted by atomic mass is 9.94. The van der Waals surface area contributed by atoms with Gasteiger partial charge >= 0.3 is 0 Å². The van der Waals surface area contributed by atoms with Gasteiger partial charge in [-0.3, -0.25) is 9.58 Å². The van der Waals surface area contributed by atoms with E-state index in [2.05, 4.69) is 49.1 Å². The van der Waals surface area contributed by atoms with E-state index in [4.69, 9.17) is 11.6 Å². The number of nitrogens with zero attached hydrogens (tertiary/aromatic N) is 3. The third-order valence-corrected chi connectivity index (χ3v) is 4.35. The number of hydrogen-bond acceptors (Lipinski definition) is 2. The molecule has 1 aromatic heterocycles. The Kier molecular flexibility index (Phi) is 3.80. The van der Waals surface area contributed by atoms with Crippen LogP contribution in [0.1, 0.15) is 44.4 Å². The van der Waals surface area contributed by atoms with Crippen LogP contribution in [0.2, 0.25) is 5.02 Å². The molecule has 0 bridgehead atoms. The van der Waals surface area contributed by atoms with Crippen LogP contribution in [-0.2, 0) is 12.1 Å². The fourth-order valence-corrected chi connectivity index (χ4v) is 2.86. The maximum Gasteiger partial charge on any atom is 0.0543 e. The molecule has 3 rings (SSSR count). The van der Waals surface area contributed by atoms with Crippen molar-refractivity contribution >= 4 is 11.6 Å². The highest BCUT2D eigenvalue weighted by molar-refractivity contribution is 6.30. The summed E-state index contributed by atoms with van der Waals surface area (Å²) >= 11 is 5.96. The molecule has 3 nitrogen and oxygen atoms in total. The molecule has 0 aliphatic carbocycles. The third-order valence-electron chi connectivity index (χ3n) is 4.09. The molecule has 0 amide bonds. The van der Waals surface area contributed by atoms with Gasteiger partial charge in [-0.25, -0.2) is 0 Å². The lowest BCUT2D eigenvalue weighted by Crippen LogP contribution is -2.40. The largest absolute Gasteiger partial charge is 0.292 e. The van der Waals surface area contributed by atoms with Gasteiger partial charge in [0, 0.05) is 35.9 Å². The van der Waals surface area contributed by atoms with E-state index in [0.29, 0.717) is 6.04 Å². The van der Waals surface area contributed by atoms with Crippen LogP contribution in [0.4, 0.5) is 0 Å². The van der Waals surface area contributed by atoms with Crippen LogP contribution in [0.5, 0.6) is 0 Å². The number of likely N-dealkylation sites (tertiary alicyclic amines) is 1. The van der Waals surface area contributed by atoms with Gasteiger partial charge in [0.1, 0.15) is 0 Å². The first-order valence-electron chi connectivity index (χ1n) is 7.47. The van der Waals surface area contributed by atoms with E-state index in [1.54, 1.807) is 0 Å². The van der Waals surface area contributed by atoms with E-state index in [1.165, 1.54) is 17.5 Å². The van der Waals surface area contributed by atoms with E-state index in [0.717, 1.165) is 18.1 Å². The first kappa shape index (κ1) is 14.6. The second-order valence-corrected chi connectivity index (χ2v) is 7.23. The van der Waals surface area contributed by atoms with E-state index < -0.39 is 0 Å². The highest BCUT2D eigenvalue weighted by Gasteiger charge is 2.29. The van der Waals surface area contributed by atoms with Crippen molar-refractivity contribution in [2.24, 2.45) is 0 Å². The quantitative estimate of drug-likeness (QED) is 0.845. The van der Waals surface area contributed by atoms with Gasteiger partial charge in [-0.15, -0.1) is 0 Å². The van der Waals surface area contributed by atoms with Gasteiger partial charge in [-0.2, -0.15) is 5.10 Å². The normalized spacial score (nSPS) is 19.5. The number of aromatic nitrogens is 2. The van der Waals surface area contributed by atoms with Gasteiger partial charge in [0.25, 0.3) is 0 Å². The second-order valence-electron chi connectivity index (χ2n) is 6.79. The van der Waals surface area contributed by atoms with Crippen molar-refractivity contribution in [2.45, 2.75) is 45.3 Å². The number of hydrogen-bond donors (Lipinski definition) is 0. The molecule has 1 atom stereocenters. The monoisotopic (exact) mass is 303 g/mol. The molecule has 1 aromatic carbocycles. The molecule has 1 aliphatic heterocycles. The third kappa shape index (κ3) is 3.14. The Labute approximate surface area is 131 Å². The van der Waals surface area contributed by atoms with E-state index in [9.17, 15) is 0 Å². The molecular weight excluding hydrogens is 282 g/mol. The van der Waals surface area contributed by atoms with Crippen molar-refractivity contribution in [3.63, 3.8) is 0 Å². The summed E-state index contributed by atoms with van der Waals surface area (Å²) in [6, 6.07) is 8.74. The molecule has 1 aliphatic rings. The Bertz CT molecular complexity index is 610. The first-order chi connectivity index (χ1) is 9.93. The Morgan fingerprint density at radius 1 is 1.24 bits per heavy atom. The molecule has 2 aromatic rings. The van der Waals surface area contributed by atoms with Crippen molar-refractivity contribution < 1.29 is 0 Å². The number of benzene rings is 1. The average Bonchev–Trinajstić information content (AvgIpc) is 2.86. The summed E-state index contributed by atoms with van der Waals surface area (Å²) in [5.74, 6) is 0. The smallest absolute Gasteiger partial charge is 0.0543 e. The van der Waals surface area contributed by atoms with Crippen LogP contribution in [0, 0.1) is 0 Å². The van der Waals surface area contributed by atoms with Crippen LogP contribution in [-0.4, -0.2) is 21.2 Å². The molecular formula is C17H22ClN3. The summed E-state index contributed by atoms with van der Waals surface area (Å²) in [6.07, 6.45) is 5.37. The van der Waals surface area contributed by atoms with Crippen LogP contribution < -0.4 is 0 Å². The molecule has 0 unspecified atom stereocenters. The zero-order chi connectivity index (χ0) is 15.0. The number of rotatable bonds is 3. The summed E-state index contributed by atoms with van der Waals surface area (Å²) < 4.78 is 2.04. The Morgan fingerprint density at radius 3 is 2.48 bits per heavy atom. The lowest BCUT2D eigenvalue weighted by molar-refractivity contribution is 0.0818. The predicted octanol–water partition coefficient (Wildman–Crippen LogP) is 4.24. The SMILES string of the molecule is CC(C)(C)n1cc(CN2CC[C@@H]2c2ccc(Cl)cc2)cn1. The van der Waals surface area contributed by atoms with Gasteiger partial charge in [0.15, 0.2) is 0 Å². The summed E-state index contributed by atoms with van der Waals surface area (Å²) in [5.41, 5.74) is 2.68. The summed E-state index contributed by atoms with van der Waals surface area (Å²) in [7, 11) is 0. The maximum atomic E-state index is 5.96. The first-order valence-corrected chi connectivity index (χ1v) is 7.85. The van der Waals surface area contributed by atoms with Crippen LogP contribution >= 0.6 is 11.6 Å². The highest BCUT2D eigenvalue weighted by atomic mass is 35.5. The van der Waals surface area contributed by atoms with Crippen LogP contribution in [0.3, 0.4) is 0 Å². The Hall–Kier alpha value is -1.32. The zero-order valence-electron chi connectivity index (χ0n) is 12.9. The topological polar surface area (TPSA) is 21.1 Å². The fourth-order valence-electron chi connectivity index (χ4n) is 2.74. The molecule has 21 heavy (non-hydrogen) atoms. The Morgan fingerprint density at radius 2 is 1.95 bits per heavy atom. The molecule has 2 heterocycles. The minimum absolute atomic E-state index is 0.0444. The van der Waals surface area contributed by atoms with Crippen molar-refractivity contribution in [1.82, 2.24) is 14.7 Å². The highest BCUT2D eigenvalue weighted by Crippen LogP contribution is 2.35. The standard InChI is InChI=1S/C17H22ClN3/c1-17(2,3)21-12-13(10-19-21)11-20-9-8-16(20)14-4-6-15(18)7-5-14/h4-7,10,12,16H,8-9,11H2,1-3H3/t16-/m1/s1. The minimum atomic E-state index is 0.0444. The fraction of sp³-hybridized carbons (Fsp3) is 0.471. The lowest BCUT2D eigenvalue weighted by Gasteiger charge is -2.41. The molecule has 112 valence electrons. The summed E-state index contributed by atoms with van der Waals surface area (Å²) in [5, 5.41) is 5.28. The van der Waals surface area contributed by atoms with Crippen LogP contribution in [0.15, 0.2) is 36.7 Å². The molecule has 0 spiro atoms. The minimum Gasteiger partial charge on any atom is -0.292 e. The van der Waals surface area contributed by atoms with E-state index >= 15 is 0 Å².